The molecule has 1 amide bonds. The molecule has 3 heterocycles. The summed E-state index contributed by atoms with van der Waals surface area (Å²) in [5.41, 5.74) is 2.53. The molecule has 1 atom stereocenters. The van der Waals surface area contributed by atoms with Crippen LogP contribution in [0.5, 0.6) is 0 Å². The van der Waals surface area contributed by atoms with Crippen molar-refractivity contribution in [3.8, 4) is 0 Å². The average molecular weight is 326 g/mol. The first-order valence-electron chi connectivity index (χ1n) is 8.46. The van der Waals surface area contributed by atoms with Crippen LogP contribution in [0.15, 0.2) is 41.8 Å². The highest BCUT2D eigenvalue weighted by atomic mass is 32.1. The maximum atomic E-state index is 13.2. The number of nitrogens with zero attached hydrogens (tertiary/aromatic N) is 2. The fraction of sp³-hybridized carbons (Fsp3) is 0.421. The molecule has 1 unspecified atom stereocenters. The predicted molar refractivity (Wildman–Crippen MR) is 93.4 cm³/mol. The van der Waals surface area contributed by atoms with E-state index in [-0.39, 0.29) is 11.9 Å². The minimum absolute atomic E-state index is 0.137. The number of carbonyl (C=O) groups is 1. The SMILES string of the molecule is O=C(C(c1ccccc1)N1CCc2sccc2C1)N1CCCC1. The van der Waals surface area contributed by atoms with E-state index < -0.39 is 0 Å². The number of carbonyl (C=O) groups excluding carboxylic acids is 1. The predicted octanol–water partition coefficient (Wildman–Crippen LogP) is 3.47. The molecule has 2 aromatic rings. The van der Waals surface area contributed by atoms with Crippen LogP contribution in [0.3, 0.4) is 0 Å². The van der Waals surface area contributed by atoms with E-state index in [2.05, 4.69) is 33.4 Å². The van der Waals surface area contributed by atoms with Crippen LogP contribution in [0.25, 0.3) is 0 Å². The van der Waals surface area contributed by atoms with Crippen molar-refractivity contribution in [3.63, 3.8) is 0 Å². The van der Waals surface area contributed by atoms with Crippen LogP contribution >= 0.6 is 11.3 Å². The Bertz CT molecular complexity index is 676. The number of amides is 1. The van der Waals surface area contributed by atoms with Gasteiger partial charge in [-0.15, -0.1) is 11.3 Å². The largest absolute Gasteiger partial charge is 0.341 e. The number of fused-ring (bicyclic) bond motifs is 1. The van der Waals surface area contributed by atoms with Gasteiger partial charge in [0.15, 0.2) is 0 Å². The second kappa shape index (κ2) is 6.46. The van der Waals surface area contributed by atoms with Gasteiger partial charge in [0.05, 0.1) is 0 Å². The fourth-order valence-corrected chi connectivity index (χ4v) is 4.64. The minimum Gasteiger partial charge on any atom is -0.341 e. The molecule has 2 aliphatic rings. The third kappa shape index (κ3) is 2.93. The normalized spacial score (nSPS) is 19.6. The highest BCUT2D eigenvalue weighted by Crippen LogP contribution is 2.32. The van der Waals surface area contributed by atoms with E-state index in [4.69, 9.17) is 0 Å². The first-order valence-corrected chi connectivity index (χ1v) is 9.34. The van der Waals surface area contributed by atoms with Crippen molar-refractivity contribution in [1.82, 2.24) is 9.80 Å². The molecule has 0 spiro atoms. The Morgan fingerprint density at radius 1 is 1.04 bits per heavy atom. The van der Waals surface area contributed by atoms with Gasteiger partial charge in [0.2, 0.25) is 5.91 Å². The standard InChI is InChI=1S/C19H22N2OS/c22-19(20-10-4-5-11-20)18(15-6-2-1-3-7-15)21-12-8-17-16(14-21)9-13-23-17/h1-3,6-7,9,13,18H,4-5,8,10-12,14H2. The summed E-state index contributed by atoms with van der Waals surface area (Å²) in [7, 11) is 0. The molecule has 0 aliphatic carbocycles. The van der Waals surface area contributed by atoms with Crippen molar-refractivity contribution in [3.05, 3.63) is 57.8 Å². The number of hydrogen-bond donors (Lipinski definition) is 0. The summed E-state index contributed by atoms with van der Waals surface area (Å²) in [6.07, 6.45) is 3.34. The van der Waals surface area contributed by atoms with E-state index in [0.717, 1.165) is 51.0 Å². The van der Waals surface area contributed by atoms with Gasteiger partial charge in [-0.05, 0) is 41.8 Å². The molecule has 0 saturated carbocycles. The van der Waals surface area contributed by atoms with Gasteiger partial charge in [0.1, 0.15) is 6.04 Å². The Morgan fingerprint density at radius 3 is 2.61 bits per heavy atom. The molecular formula is C19H22N2OS. The molecule has 2 aliphatic heterocycles. The van der Waals surface area contributed by atoms with E-state index in [9.17, 15) is 4.79 Å². The van der Waals surface area contributed by atoms with Crippen LogP contribution in [0.2, 0.25) is 0 Å². The number of thiophene rings is 1. The zero-order valence-electron chi connectivity index (χ0n) is 13.3. The van der Waals surface area contributed by atoms with Crippen LogP contribution in [-0.4, -0.2) is 35.3 Å². The Labute approximate surface area is 141 Å². The van der Waals surface area contributed by atoms with Gasteiger partial charge in [0.25, 0.3) is 0 Å². The smallest absolute Gasteiger partial charge is 0.244 e. The van der Waals surface area contributed by atoms with Crippen molar-refractivity contribution >= 4 is 17.2 Å². The third-order valence-corrected chi connectivity index (χ3v) is 5.99. The Hall–Kier alpha value is -1.65. The molecule has 120 valence electrons. The van der Waals surface area contributed by atoms with Gasteiger partial charge in [0, 0.05) is 31.1 Å². The molecule has 0 radical (unpaired) electrons. The summed E-state index contributed by atoms with van der Waals surface area (Å²) in [6.45, 7) is 3.68. The molecule has 3 nitrogen and oxygen atoms in total. The van der Waals surface area contributed by atoms with E-state index in [1.165, 1.54) is 10.4 Å². The quantitative estimate of drug-likeness (QED) is 0.862. The van der Waals surface area contributed by atoms with Crippen LogP contribution in [0.4, 0.5) is 0 Å². The lowest BCUT2D eigenvalue weighted by Gasteiger charge is -2.36. The lowest BCUT2D eigenvalue weighted by atomic mass is 10.00. The maximum absolute atomic E-state index is 13.2. The summed E-state index contributed by atoms with van der Waals surface area (Å²) < 4.78 is 0. The molecule has 0 N–H and O–H groups in total. The first kappa shape index (κ1) is 14.9. The van der Waals surface area contributed by atoms with E-state index >= 15 is 0 Å². The van der Waals surface area contributed by atoms with Crippen LogP contribution in [-0.2, 0) is 17.8 Å². The van der Waals surface area contributed by atoms with Gasteiger partial charge in [-0.2, -0.15) is 0 Å². The number of benzene rings is 1. The fourth-order valence-electron chi connectivity index (χ4n) is 3.75. The summed E-state index contributed by atoms with van der Waals surface area (Å²) in [4.78, 5) is 19.1. The summed E-state index contributed by atoms with van der Waals surface area (Å²) in [6, 6.07) is 12.4. The van der Waals surface area contributed by atoms with Crippen LogP contribution in [0.1, 0.15) is 34.9 Å². The molecule has 0 bridgehead atoms. The van der Waals surface area contributed by atoms with Gasteiger partial charge in [-0.25, -0.2) is 0 Å². The van der Waals surface area contributed by atoms with E-state index in [1.54, 1.807) is 0 Å². The Kier molecular flexibility index (Phi) is 4.19. The van der Waals surface area contributed by atoms with Crippen LogP contribution < -0.4 is 0 Å². The zero-order chi connectivity index (χ0) is 15.6. The van der Waals surface area contributed by atoms with E-state index in [0.29, 0.717) is 0 Å². The molecule has 1 aromatic carbocycles. The monoisotopic (exact) mass is 326 g/mol. The van der Waals surface area contributed by atoms with Gasteiger partial charge < -0.3 is 4.90 Å². The summed E-state index contributed by atoms with van der Waals surface area (Å²) >= 11 is 1.85. The highest BCUT2D eigenvalue weighted by molar-refractivity contribution is 7.10. The van der Waals surface area contributed by atoms with Crippen molar-refractivity contribution in [2.45, 2.75) is 31.8 Å². The first-order chi connectivity index (χ1) is 11.3. The molecule has 4 heteroatoms. The van der Waals surface area contributed by atoms with Gasteiger partial charge in [-0.3, -0.25) is 9.69 Å². The molecule has 23 heavy (non-hydrogen) atoms. The van der Waals surface area contributed by atoms with Crippen molar-refractivity contribution in [2.75, 3.05) is 19.6 Å². The van der Waals surface area contributed by atoms with Gasteiger partial charge in [-0.1, -0.05) is 30.3 Å². The topological polar surface area (TPSA) is 23.6 Å². The van der Waals surface area contributed by atoms with E-state index in [1.807, 2.05) is 29.5 Å². The van der Waals surface area contributed by atoms with Crippen molar-refractivity contribution in [2.24, 2.45) is 0 Å². The second-order valence-electron chi connectivity index (χ2n) is 6.44. The molecule has 1 aromatic heterocycles. The third-order valence-electron chi connectivity index (χ3n) is 4.97. The number of rotatable bonds is 3. The molecule has 4 rings (SSSR count). The maximum Gasteiger partial charge on any atom is 0.244 e. The molecular weight excluding hydrogens is 304 g/mol. The molecule has 1 fully saturated rings. The van der Waals surface area contributed by atoms with Gasteiger partial charge >= 0.3 is 0 Å². The zero-order valence-corrected chi connectivity index (χ0v) is 14.1. The van der Waals surface area contributed by atoms with Crippen molar-refractivity contribution < 1.29 is 4.79 Å². The average Bonchev–Trinajstić information content (AvgIpc) is 3.27. The second-order valence-corrected chi connectivity index (χ2v) is 7.44. The van der Waals surface area contributed by atoms with Crippen LogP contribution in [0, 0.1) is 0 Å². The van der Waals surface area contributed by atoms with Crippen molar-refractivity contribution in [1.29, 1.82) is 0 Å². The minimum atomic E-state index is -0.137. The lowest BCUT2D eigenvalue weighted by Crippen LogP contribution is -2.43. The molecule has 1 saturated heterocycles. The Morgan fingerprint density at radius 2 is 1.83 bits per heavy atom. The number of likely N-dealkylation sites (tertiary alicyclic amines) is 1. The highest BCUT2D eigenvalue weighted by Gasteiger charge is 2.34. The Balaban J connectivity index is 1.64. The lowest BCUT2D eigenvalue weighted by molar-refractivity contribution is -0.136. The number of hydrogen-bond acceptors (Lipinski definition) is 3. The summed E-state index contributed by atoms with van der Waals surface area (Å²) in [5, 5.41) is 2.17. The summed E-state index contributed by atoms with van der Waals surface area (Å²) in [5.74, 6) is 0.285.